The average molecular weight is 477 g/mol. The van der Waals surface area contributed by atoms with Gasteiger partial charge in [-0.2, -0.15) is 35.9 Å². The molecule has 0 saturated carbocycles. The topological polar surface area (TPSA) is 64.4 Å². The highest BCUT2D eigenvalue weighted by Gasteiger charge is 2.39. The molecule has 1 fully saturated rings. The van der Waals surface area contributed by atoms with E-state index >= 15 is 0 Å². The first-order valence-corrected chi connectivity index (χ1v) is 10.8. The molecule has 1 aliphatic heterocycles. The van der Waals surface area contributed by atoms with Gasteiger partial charge in [0.25, 0.3) is 0 Å². The van der Waals surface area contributed by atoms with Gasteiger partial charge in [0.2, 0.25) is 10.0 Å². The third-order valence-corrected chi connectivity index (χ3v) is 6.94. The Bertz CT molecular complexity index is 1100. The van der Waals surface area contributed by atoms with Gasteiger partial charge in [-0.1, -0.05) is 18.2 Å². The number of alkyl halides is 6. The molecule has 0 spiro atoms. The fraction of sp³-hybridized carbons (Fsp3) is 0.350. The molecule has 1 aliphatic rings. The molecule has 2 aromatic rings. The first kappa shape index (κ1) is 24.0. The minimum absolute atomic E-state index is 0.108. The number of rotatable bonds is 4. The third kappa shape index (κ3) is 5.23. The average Bonchev–Trinajstić information content (AvgIpc) is 2.73. The van der Waals surface area contributed by atoms with Crippen LogP contribution >= 0.6 is 0 Å². The van der Waals surface area contributed by atoms with Crippen molar-refractivity contribution in [1.29, 1.82) is 5.26 Å². The molecular weight excluding hydrogens is 460 g/mol. The van der Waals surface area contributed by atoms with E-state index in [1.807, 2.05) is 4.90 Å². The van der Waals surface area contributed by atoms with Crippen molar-refractivity contribution < 1.29 is 34.8 Å². The summed E-state index contributed by atoms with van der Waals surface area (Å²) < 4.78 is 105. The van der Waals surface area contributed by atoms with Gasteiger partial charge < -0.3 is 0 Å². The van der Waals surface area contributed by atoms with Gasteiger partial charge in [0, 0.05) is 32.7 Å². The fourth-order valence-corrected chi connectivity index (χ4v) is 4.85. The number of hydrogen-bond acceptors (Lipinski definition) is 4. The van der Waals surface area contributed by atoms with Crippen LogP contribution in [0.5, 0.6) is 0 Å². The van der Waals surface area contributed by atoms with E-state index in [4.69, 9.17) is 5.26 Å². The fourth-order valence-electron chi connectivity index (χ4n) is 3.36. The summed E-state index contributed by atoms with van der Waals surface area (Å²) in [6.07, 6.45) is -10.3. The molecule has 0 aromatic heterocycles. The lowest BCUT2D eigenvalue weighted by molar-refractivity contribution is -0.143. The van der Waals surface area contributed by atoms with E-state index in [0.29, 0.717) is 12.1 Å². The van der Waals surface area contributed by atoms with Crippen molar-refractivity contribution in [3.8, 4) is 6.07 Å². The van der Waals surface area contributed by atoms with Gasteiger partial charge in [-0.3, -0.25) is 4.90 Å². The van der Waals surface area contributed by atoms with Crippen LogP contribution in [-0.2, 0) is 28.9 Å². The van der Waals surface area contributed by atoms with Gasteiger partial charge in [-0.05, 0) is 29.8 Å². The summed E-state index contributed by atoms with van der Waals surface area (Å²) in [4.78, 5) is 0.804. The SMILES string of the molecule is N#Cc1ccccc1CN1CCN(S(=O)(=O)c2cc(C(F)(F)F)cc(C(F)(F)F)c2)CC1. The molecule has 3 rings (SSSR count). The van der Waals surface area contributed by atoms with E-state index in [0.717, 1.165) is 9.87 Å². The van der Waals surface area contributed by atoms with Crippen LogP contribution in [0.1, 0.15) is 22.3 Å². The van der Waals surface area contributed by atoms with Crippen LogP contribution < -0.4 is 0 Å². The van der Waals surface area contributed by atoms with Crippen molar-refractivity contribution in [3.05, 3.63) is 64.7 Å². The predicted octanol–water partition coefficient (Wildman–Crippen LogP) is 4.10. The highest BCUT2D eigenvalue weighted by Crippen LogP contribution is 2.37. The normalized spacial score (nSPS) is 16.7. The van der Waals surface area contributed by atoms with Crippen molar-refractivity contribution in [3.63, 3.8) is 0 Å². The molecule has 0 atom stereocenters. The van der Waals surface area contributed by atoms with E-state index in [-0.39, 0.29) is 44.4 Å². The van der Waals surface area contributed by atoms with Crippen LogP contribution in [0.15, 0.2) is 47.4 Å². The highest BCUT2D eigenvalue weighted by atomic mass is 32.2. The summed E-state index contributed by atoms with van der Waals surface area (Å²) >= 11 is 0. The van der Waals surface area contributed by atoms with E-state index in [2.05, 4.69) is 6.07 Å². The maximum absolute atomic E-state index is 13.1. The van der Waals surface area contributed by atoms with Crippen LogP contribution in [0.2, 0.25) is 0 Å². The number of hydrogen-bond donors (Lipinski definition) is 0. The van der Waals surface area contributed by atoms with Gasteiger partial charge >= 0.3 is 12.4 Å². The molecule has 0 radical (unpaired) electrons. The van der Waals surface area contributed by atoms with Crippen LogP contribution in [0.4, 0.5) is 26.3 Å². The molecular formula is C20H17F6N3O2S. The second kappa shape index (κ2) is 8.73. The maximum Gasteiger partial charge on any atom is 0.416 e. The summed E-state index contributed by atoms with van der Waals surface area (Å²) in [5.74, 6) is 0. The van der Waals surface area contributed by atoms with Gasteiger partial charge in [0.05, 0.1) is 27.7 Å². The summed E-state index contributed by atoms with van der Waals surface area (Å²) in [7, 11) is -4.58. The Morgan fingerprint density at radius 3 is 1.91 bits per heavy atom. The molecule has 12 heteroatoms. The zero-order valence-electron chi connectivity index (χ0n) is 16.4. The van der Waals surface area contributed by atoms with Crippen molar-refractivity contribution in [2.24, 2.45) is 0 Å². The lowest BCUT2D eigenvalue weighted by atomic mass is 10.1. The molecule has 0 amide bonds. The molecule has 0 N–H and O–H groups in total. The smallest absolute Gasteiger partial charge is 0.296 e. The molecule has 0 bridgehead atoms. The summed E-state index contributed by atoms with van der Waals surface area (Å²) in [6.45, 7) is 0.525. The van der Waals surface area contributed by atoms with Crippen LogP contribution in [0.25, 0.3) is 0 Å². The number of sulfonamides is 1. The maximum atomic E-state index is 13.1. The molecule has 1 heterocycles. The van der Waals surface area contributed by atoms with Crippen LogP contribution in [0.3, 0.4) is 0 Å². The Balaban J connectivity index is 1.82. The predicted molar refractivity (Wildman–Crippen MR) is 102 cm³/mol. The quantitative estimate of drug-likeness (QED) is 0.622. The molecule has 5 nitrogen and oxygen atoms in total. The Labute approximate surface area is 180 Å². The summed E-state index contributed by atoms with van der Waals surface area (Å²) in [5, 5.41) is 9.17. The van der Waals surface area contributed by atoms with Crippen molar-refractivity contribution in [1.82, 2.24) is 9.21 Å². The van der Waals surface area contributed by atoms with Gasteiger partial charge in [-0.25, -0.2) is 8.42 Å². The third-order valence-electron chi connectivity index (χ3n) is 5.06. The van der Waals surface area contributed by atoms with Gasteiger partial charge in [0.15, 0.2) is 0 Å². The van der Waals surface area contributed by atoms with Crippen molar-refractivity contribution >= 4 is 10.0 Å². The highest BCUT2D eigenvalue weighted by molar-refractivity contribution is 7.89. The zero-order chi connectivity index (χ0) is 23.7. The van der Waals surface area contributed by atoms with Gasteiger partial charge in [-0.15, -0.1) is 0 Å². The van der Waals surface area contributed by atoms with E-state index < -0.39 is 38.4 Å². The Morgan fingerprint density at radius 2 is 1.41 bits per heavy atom. The van der Waals surface area contributed by atoms with E-state index in [9.17, 15) is 34.8 Å². The van der Waals surface area contributed by atoms with Crippen LogP contribution in [0, 0.1) is 11.3 Å². The monoisotopic (exact) mass is 477 g/mol. The summed E-state index contributed by atoms with van der Waals surface area (Å²) in [5.41, 5.74) is -2.17. The standard InChI is InChI=1S/C20H17F6N3O2S/c21-19(22,23)16-9-17(20(24,25)26)11-18(10-16)32(30,31)29-7-5-28(6-8-29)13-15-4-2-1-3-14(15)12-27/h1-4,9-11H,5-8,13H2. The number of nitriles is 1. The first-order chi connectivity index (χ1) is 14.8. The molecule has 32 heavy (non-hydrogen) atoms. The Kier molecular flexibility index (Phi) is 6.55. The van der Waals surface area contributed by atoms with Crippen LogP contribution in [-0.4, -0.2) is 43.8 Å². The molecule has 0 unspecified atom stereocenters. The van der Waals surface area contributed by atoms with Gasteiger partial charge in [0.1, 0.15) is 0 Å². The van der Waals surface area contributed by atoms with Crippen molar-refractivity contribution in [2.45, 2.75) is 23.8 Å². The second-order valence-corrected chi connectivity index (χ2v) is 9.13. The van der Waals surface area contributed by atoms with Crippen molar-refractivity contribution in [2.75, 3.05) is 26.2 Å². The second-order valence-electron chi connectivity index (χ2n) is 7.19. The number of halogens is 6. The lowest BCUT2D eigenvalue weighted by Gasteiger charge is -2.34. The number of piperazine rings is 1. The zero-order valence-corrected chi connectivity index (χ0v) is 17.2. The molecule has 0 aliphatic carbocycles. The minimum Gasteiger partial charge on any atom is -0.296 e. The summed E-state index contributed by atoms with van der Waals surface area (Å²) in [6, 6.07) is 9.25. The number of nitrogens with zero attached hydrogens (tertiary/aromatic N) is 3. The molecule has 1 saturated heterocycles. The lowest BCUT2D eigenvalue weighted by Crippen LogP contribution is -2.48. The molecule has 172 valence electrons. The van der Waals surface area contributed by atoms with E-state index in [1.165, 1.54) is 0 Å². The largest absolute Gasteiger partial charge is 0.416 e. The Hall–Kier alpha value is -2.62. The first-order valence-electron chi connectivity index (χ1n) is 9.32. The Morgan fingerprint density at radius 1 is 0.875 bits per heavy atom. The minimum atomic E-state index is -5.14. The van der Waals surface area contributed by atoms with E-state index in [1.54, 1.807) is 24.3 Å². The number of benzene rings is 2. The molecule has 2 aromatic carbocycles.